The van der Waals surface area contributed by atoms with Crippen molar-refractivity contribution in [2.24, 2.45) is 5.10 Å². The molecule has 0 saturated heterocycles. The molecule has 41 heavy (non-hydrogen) atoms. The molecule has 0 aliphatic carbocycles. The summed E-state index contributed by atoms with van der Waals surface area (Å²) in [6.07, 6.45) is 3.01. The zero-order valence-electron chi connectivity index (χ0n) is 20.1. The van der Waals surface area contributed by atoms with Crippen molar-refractivity contribution in [3.63, 3.8) is 0 Å². The first kappa shape index (κ1) is 28.8. The van der Waals surface area contributed by atoms with Gasteiger partial charge in [0.1, 0.15) is 0 Å². The number of aromatic carboxylic acids is 1. The highest BCUT2D eigenvalue weighted by Gasteiger charge is 2.35. The van der Waals surface area contributed by atoms with Crippen LogP contribution in [0.3, 0.4) is 0 Å². The van der Waals surface area contributed by atoms with Crippen LogP contribution >= 0.6 is 0 Å². The number of carbonyl (C=O) groups is 3. The third-order valence-corrected chi connectivity index (χ3v) is 7.25. The second kappa shape index (κ2) is 10.4. The number of allylic oxidation sites excluding steroid dienone is 2. The molecule has 212 valence electrons. The number of nitrogens with one attached hydrogen (secondary N) is 1. The molecule has 0 spiro atoms. The van der Waals surface area contributed by atoms with Crippen LogP contribution in [0.1, 0.15) is 16.1 Å². The van der Waals surface area contributed by atoms with Crippen molar-refractivity contribution in [3.8, 4) is 5.69 Å². The highest BCUT2D eigenvalue weighted by atomic mass is 32.2. The smallest absolute Gasteiger partial charge is 0.357 e. The molecule has 0 fully saturated rings. The van der Waals surface area contributed by atoms with Gasteiger partial charge in [-0.15, -0.1) is 0 Å². The minimum Gasteiger partial charge on any atom is -0.477 e. The number of carboxylic acid groups (broad SMARTS) is 2. The maximum atomic E-state index is 13.0. The minimum atomic E-state index is -4.53. The van der Waals surface area contributed by atoms with Gasteiger partial charge in [0.05, 0.1) is 32.3 Å². The van der Waals surface area contributed by atoms with Gasteiger partial charge in [-0.1, -0.05) is 6.08 Å². The van der Waals surface area contributed by atoms with Gasteiger partial charge in [0, 0.05) is 0 Å². The minimum absolute atomic E-state index is 0.0184. The molecule has 1 aliphatic heterocycles. The Hall–Kier alpha value is -5.17. The second-order valence-electron chi connectivity index (χ2n) is 8.09. The number of carboxylic acids is 2. The van der Waals surface area contributed by atoms with Gasteiger partial charge >= 0.3 is 11.9 Å². The van der Waals surface area contributed by atoms with E-state index in [0.717, 1.165) is 71.4 Å². The van der Waals surface area contributed by atoms with E-state index in [9.17, 15) is 46.2 Å². The Bertz CT molecular complexity index is 1970. The van der Waals surface area contributed by atoms with Crippen LogP contribution in [-0.2, 0) is 29.8 Å². The first-order valence-electron chi connectivity index (χ1n) is 10.9. The SMILES string of the molecule is O=C(O)C1=NN(c2ccc(S(=O)(=O)O)cc2)C(=O)C1=CC=Cc1c(C(=O)O)[nH]n(-c2ccc(S(=O)(=O)O)cc2)c1=O. The van der Waals surface area contributed by atoms with E-state index in [1.165, 1.54) is 0 Å². The average Bonchev–Trinajstić information content (AvgIpc) is 3.40. The average molecular weight is 605 g/mol. The largest absolute Gasteiger partial charge is 0.477 e. The van der Waals surface area contributed by atoms with Crippen LogP contribution in [0.4, 0.5) is 5.69 Å². The van der Waals surface area contributed by atoms with E-state index in [4.69, 9.17) is 9.11 Å². The molecule has 2 aromatic carbocycles. The molecule has 0 atom stereocenters. The van der Waals surface area contributed by atoms with Crippen molar-refractivity contribution in [3.05, 3.63) is 87.9 Å². The molecule has 16 nitrogen and oxygen atoms in total. The molecule has 18 heteroatoms. The third kappa shape index (κ3) is 5.75. The molecule has 0 bridgehead atoms. The number of benzene rings is 2. The molecule has 0 saturated carbocycles. The Kier molecular flexibility index (Phi) is 7.33. The number of hydrazone groups is 1. The van der Waals surface area contributed by atoms with Crippen molar-refractivity contribution in [2.45, 2.75) is 9.79 Å². The maximum Gasteiger partial charge on any atom is 0.357 e. The number of aliphatic carboxylic acids is 1. The van der Waals surface area contributed by atoms with Crippen LogP contribution in [0.2, 0.25) is 0 Å². The van der Waals surface area contributed by atoms with Crippen molar-refractivity contribution >= 4 is 55.6 Å². The monoisotopic (exact) mass is 604 g/mol. The van der Waals surface area contributed by atoms with E-state index in [1.54, 1.807) is 0 Å². The second-order valence-corrected chi connectivity index (χ2v) is 10.9. The van der Waals surface area contributed by atoms with Crippen molar-refractivity contribution in [1.29, 1.82) is 0 Å². The van der Waals surface area contributed by atoms with E-state index < -0.39 is 76.0 Å². The number of aromatic amines is 1. The number of anilines is 1. The summed E-state index contributed by atoms with van der Waals surface area (Å²) in [6, 6.07) is 8.38. The Morgan fingerprint density at radius 2 is 1.32 bits per heavy atom. The Balaban J connectivity index is 1.69. The van der Waals surface area contributed by atoms with Crippen LogP contribution in [0.25, 0.3) is 11.8 Å². The summed E-state index contributed by atoms with van der Waals surface area (Å²) in [5.74, 6) is -4.10. The van der Waals surface area contributed by atoms with Gasteiger partial charge in [0.2, 0.25) is 0 Å². The number of hydrogen-bond donors (Lipinski definition) is 5. The molecular weight excluding hydrogens is 588 g/mol. The topological polar surface area (TPSA) is 254 Å². The van der Waals surface area contributed by atoms with E-state index in [2.05, 4.69) is 10.2 Å². The number of amides is 1. The van der Waals surface area contributed by atoms with E-state index in [1.807, 2.05) is 0 Å². The van der Waals surface area contributed by atoms with Crippen molar-refractivity contribution in [2.75, 3.05) is 5.01 Å². The fourth-order valence-electron chi connectivity index (χ4n) is 3.61. The molecule has 1 aromatic heterocycles. The van der Waals surface area contributed by atoms with Gasteiger partial charge in [-0.2, -0.15) is 26.9 Å². The zero-order chi connectivity index (χ0) is 30.3. The van der Waals surface area contributed by atoms with Crippen LogP contribution < -0.4 is 10.6 Å². The molecule has 1 amide bonds. The summed E-state index contributed by atoms with van der Waals surface area (Å²) >= 11 is 0. The lowest BCUT2D eigenvalue weighted by molar-refractivity contribution is -0.129. The lowest BCUT2D eigenvalue weighted by atomic mass is 10.1. The summed E-state index contributed by atoms with van der Waals surface area (Å²) < 4.78 is 64.0. The highest BCUT2D eigenvalue weighted by Crippen LogP contribution is 2.25. The number of H-pyrrole nitrogens is 1. The van der Waals surface area contributed by atoms with Gasteiger partial charge in [-0.25, -0.2) is 14.3 Å². The van der Waals surface area contributed by atoms with Crippen molar-refractivity contribution < 1.29 is 50.5 Å². The van der Waals surface area contributed by atoms with Gasteiger partial charge in [0.25, 0.3) is 31.7 Å². The lowest BCUT2D eigenvalue weighted by Gasteiger charge is -2.11. The predicted octanol–water partition coefficient (Wildman–Crippen LogP) is 0.784. The molecule has 0 unspecified atom stereocenters. The summed E-state index contributed by atoms with van der Waals surface area (Å²) in [5, 5.41) is 25.8. The van der Waals surface area contributed by atoms with Crippen LogP contribution in [-0.4, -0.2) is 69.5 Å². The number of carbonyl (C=O) groups excluding carboxylic acids is 1. The van der Waals surface area contributed by atoms with Crippen LogP contribution in [0.5, 0.6) is 0 Å². The first-order chi connectivity index (χ1) is 19.1. The molecule has 2 heterocycles. The third-order valence-electron chi connectivity index (χ3n) is 5.52. The van der Waals surface area contributed by atoms with Gasteiger partial charge in [-0.05, 0) is 60.7 Å². The number of nitrogens with zero attached hydrogens (tertiary/aromatic N) is 3. The summed E-state index contributed by atoms with van der Waals surface area (Å²) in [7, 11) is -9.05. The number of rotatable bonds is 8. The molecule has 3 aromatic rings. The molecule has 4 rings (SSSR count). The van der Waals surface area contributed by atoms with E-state index in [-0.39, 0.29) is 11.4 Å². The molecule has 0 radical (unpaired) electrons. The van der Waals surface area contributed by atoms with E-state index in [0.29, 0.717) is 5.01 Å². The van der Waals surface area contributed by atoms with Gasteiger partial charge < -0.3 is 10.2 Å². The summed E-state index contributed by atoms with van der Waals surface area (Å²) in [4.78, 5) is 48.4. The Morgan fingerprint density at radius 1 is 0.805 bits per heavy atom. The highest BCUT2D eigenvalue weighted by molar-refractivity contribution is 7.86. The lowest BCUT2D eigenvalue weighted by Crippen LogP contribution is -2.22. The molecule has 1 aliphatic rings. The fraction of sp³-hybridized carbons (Fsp3) is 0. The van der Waals surface area contributed by atoms with Gasteiger partial charge in [0.15, 0.2) is 11.4 Å². The number of aromatic nitrogens is 2. The zero-order valence-corrected chi connectivity index (χ0v) is 21.7. The van der Waals surface area contributed by atoms with E-state index >= 15 is 0 Å². The molecular formula is C23H16N4O12S2. The normalized spacial score (nSPS) is 15.1. The first-order valence-corrected chi connectivity index (χ1v) is 13.8. The molecule has 5 N–H and O–H groups in total. The Morgan fingerprint density at radius 3 is 1.78 bits per heavy atom. The maximum absolute atomic E-state index is 13.0. The van der Waals surface area contributed by atoms with Crippen LogP contribution in [0, 0.1) is 0 Å². The van der Waals surface area contributed by atoms with Gasteiger partial charge in [-0.3, -0.25) is 23.8 Å². The van der Waals surface area contributed by atoms with Crippen LogP contribution in [0.15, 0.2) is 85.9 Å². The standard InChI is InChI=1S/C23H16N4O12S2/c28-20-16(18(22(30)31)24-26(20)12-4-8-14(9-5-12)40(34,35)36)2-1-3-17-19(23(32)33)25-27(21(17)29)13-6-10-15(11-7-13)41(37,38)39/h1-11,24H,(H,30,31)(H,32,33)(H,34,35,36)(H,37,38,39). The Labute approximate surface area is 229 Å². The fourth-order valence-corrected chi connectivity index (χ4v) is 4.57. The predicted molar refractivity (Wildman–Crippen MR) is 139 cm³/mol. The number of hydrogen-bond acceptors (Lipinski definition) is 9. The quantitative estimate of drug-likeness (QED) is 0.177. The summed E-state index contributed by atoms with van der Waals surface area (Å²) in [6.45, 7) is 0. The summed E-state index contributed by atoms with van der Waals surface area (Å²) in [5.41, 5.74) is -3.08. The van der Waals surface area contributed by atoms with Crippen molar-refractivity contribution in [1.82, 2.24) is 9.78 Å².